The summed E-state index contributed by atoms with van der Waals surface area (Å²) >= 11 is 0. The highest BCUT2D eigenvalue weighted by Gasteiger charge is 2.13. The molecule has 160 valence electrons. The van der Waals surface area contributed by atoms with Crippen molar-refractivity contribution in [2.45, 2.75) is 32.6 Å². The number of carbonyl (C=O) groups excluding carboxylic acids is 1. The third-order valence-electron chi connectivity index (χ3n) is 4.94. The van der Waals surface area contributed by atoms with E-state index < -0.39 is 0 Å². The van der Waals surface area contributed by atoms with Crippen LogP contribution in [0.5, 0.6) is 11.5 Å². The zero-order valence-corrected chi connectivity index (χ0v) is 17.5. The number of unbranched alkanes of at least 4 members (excludes halogenated alkanes) is 3. The van der Waals surface area contributed by atoms with Crippen molar-refractivity contribution >= 4 is 39.7 Å². The molecule has 0 radical (unpaired) electrons. The Labute approximate surface area is 180 Å². The minimum Gasteiger partial charge on any atom is -0.490 e. The Balaban J connectivity index is 1.57. The van der Waals surface area contributed by atoms with E-state index in [4.69, 9.17) is 13.9 Å². The fraction of sp³-hybridized carbons (Fsp3) is 0.292. The SMILES string of the molecule is CCOc1cc2c(Nc3ccc4occc4c3)ncnc2cc1OCCCCCC=O. The summed E-state index contributed by atoms with van der Waals surface area (Å²) in [6.07, 6.45) is 7.47. The molecule has 2 aromatic carbocycles. The zero-order chi connectivity index (χ0) is 21.5. The molecule has 1 N–H and O–H groups in total. The number of aldehydes is 1. The van der Waals surface area contributed by atoms with Crippen molar-refractivity contribution < 1.29 is 18.7 Å². The summed E-state index contributed by atoms with van der Waals surface area (Å²) in [5.41, 5.74) is 2.51. The molecule has 0 aliphatic rings. The van der Waals surface area contributed by atoms with E-state index in [1.165, 1.54) is 6.33 Å². The summed E-state index contributed by atoms with van der Waals surface area (Å²) in [7, 11) is 0. The van der Waals surface area contributed by atoms with Crippen molar-refractivity contribution in [1.82, 2.24) is 9.97 Å². The van der Waals surface area contributed by atoms with Gasteiger partial charge < -0.3 is 24.0 Å². The van der Waals surface area contributed by atoms with E-state index in [0.29, 0.717) is 37.0 Å². The first-order chi connectivity index (χ1) is 15.3. The van der Waals surface area contributed by atoms with Crippen molar-refractivity contribution in [3.63, 3.8) is 0 Å². The van der Waals surface area contributed by atoms with Gasteiger partial charge in [0.1, 0.15) is 24.0 Å². The van der Waals surface area contributed by atoms with E-state index in [9.17, 15) is 4.79 Å². The van der Waals surface area contributed by atoms with Gasteiger partial charge >= 0.3 is 0 Å². The average molecular weight is 419 g/mol. The van der Waals surface area contributed by atoms with E-state index in [2.05, 4.69) is 15.3 Å². The normalized spacial score (nSPS) is 11.0. The second-order valence-electron chi connectivity index (χ2n) is 7.13. The highest BCUT2D eigenvalue weighted by Crippen LogP contribution is 2.35. The molecule has 0 spiro atoms. The molecule has 0 bridgehead atoms. The van der Waals surface area contributed by atoms with Crippen LogP contribution in [0.15, 0.2) is 53.4 Å². The predicted octanol–water partition coefficient (Wildman–Crippen LogP) is 5.66. The number of furan rings is 1. The number of rotatable bonds is 11. The Morgan fingerprint density at radius 3 is 2.81 bits per heavy atom. The van der Waals surface area contributed by atoms with E-state index in [1.54, 1.807) is 6.26 Å². The molecule has 2 aromatic heterocycles. The summed E-state index contributed by atoms with van der Waals surface area (Å²) in [4.78, 5) is 19.3. The third kappa shape index (κ3) is 4.94. The summed E-state index contributed by atoms with van der Waals surface area (Å²) < 4.78 is 17.2. The fourth-order valence-electron chi connectivity index (χ4n) is 3.41. The van der Waals surface area contributed by atoms with Crippen molar-refractivity contribution in [1.29, 1.82) is 0 Å². The van der Waals surface area contributed by atoms with E-state index in [-0.39, 0.29) is 0 Å². The number of fused-ring (bicyclic) bond motifs is 2. The van der Waals surface area contributed by atoms with E-state index >= 15 is 0 Å². The van der Waals surface area contributed by atoms with Gasteiger partial charge in [0, 0.05) is 28.9 Å². The van der Waals surface area contributed by atoms with Crippen LogP contribution in [-0.4, -0.2) is 29.5 Å². The molecule has 7 nitrogen and oxygen atoms in total. The fourth-order valence-corrected chi connectivity index (χ4v) is 3.41. The maximum atomic E-state index is 10.4. The number of nitrogens with zero attached hydrogens (tertiary/aromatic N) is 2. The highest BCUT2D eigenvalue weighted by atomic mass is 16.5. The molecule has 0 saturated heterocycles. The summed E-state index contributed by atoms with van der Waals surface area (Å²) in [5.74, 6) is 2.01. The maximum Gasteiger partial charge on any atom is 0.163 e. The molecule has 0 atom stereocenters. The lowest BCUT2D eigenvalue weighted by Gasteiger charge is -2.15. The van der Waals surface area contributed by atoms with Crippen molar-refractivity contribution in [3.05, 3.63) is 49.0 Å². The topological polar surface area (TPSA) is 86.5 Å². The van der Waals surface area contributed by atoms with Gasteiger partial charge in [0.25, 0.3) is 0 Å². The number of anilines is 2. The number of carbonyl (C=O) groups is 1. The summed E-state index contributed by atoms with van der Waals surface area (Å²) in [5, 5.41) is 5.23. The molecule has 4 rings (SSSR count). The molecule has 0 unspecified atom stereocenters. The summed E-state index contributed by atoms with van der Waals surface area (Å²) in [6.45, 7) is 3.02. The largest absolute Gasteiger partial charge is 0.490 e. The molecule has 0 fully saturated rings. The van der Waals surface area contributed by atoms with E-state index in [1.807, 2.05) is 43.3 Å². The van der Waals surface area contributed by atoms with Gasteiger partial charge in [0.15, 0.2) is 11.5 Å². The van der Waals surface area contributed by atoms with Crippen LogP contribution in [0.4, 0.5) is 11.5 Å². The Bertz CT molecular complexity index is 1170. The first-order valence-corrected chi connectivity index (χ1v) is 10.5. The van der Waals surface area contributed by atoms with Gasteiger partial charge in [-0.05, 0) is 56.5 Å². The van der Waals surface area contributed by atoms with Gasteiger partial charge in [-0.1, -0.05) is 0 Å². The molecule has 0 amide bonds. The number of hydrogen-bond acceptors (Lipinski definition) is 7. The lowest BCUT2D eigenvalue weighted by atomic mass is 10.2. The average Bonchev–Trinajstić information content (AvgIpc) is 3.25. The lowest BCUT2D eigenvalue weighted by Crippen LogP contribution is -2.03. The van der Waals surface area contributed by atoms with Crippen LogP contribution in [0, 0.1) is 0 Å². The van der Waals surface area contributed by atoms with Crippen molar-refractivity contribution in [2.75, 3.05) is 18.5 Å². The number of aromatic nitrogens is 2. The number of nitrogens with one attached hydrogen (secondary N) is 1. The van der Waals surface area contributed by atoms with Gasteiger partial charge in [0.05, 0.1) is 25.0 Å². The minimum atomic E-state index is 0.523. The van der Waals surface area contributed by atoms with Gasteiger partial charge in [-0.15, -0.1) is 0 Å². The Morgan fingerprint density at radius 2 is 1.94 bits per heavy atom. The lowest BCUT2D eigenvalue weighted by molar-refractivity contribution is -0.107. The smallest absolute Gasteiger partial charge is 0.163 e. The number of hydrogen-bond donors (Lipinski definition) is 1. The highest BCUT2D eigenvalue weighted by molar-refractivity contribution is 5.93. The minimum absolute atomic E-state index is 0.523. The molecule has 2 heterocycles. The van der Waals surface area contributed by atoms with Crippen LogP contribution in [-0.2, 0) is 4.79 Å². The first-order valence-electron chi connectivity index (χ1n) is 10.5. The maximum absolute atomic E-state index is 10.4. The van der Waals surface area contributed by atoms with Crippen LogP contribution >= 0.6 is 0 Å². The van der Waals surface area contributed by atoms with Gasteiger partial charge in [-0.3, -0.25) is 0 Å². The van der Waals surface area contributed by atoms with Crippen molar-refractivity contribution in [3.8, 4) is 11.5 Å². The molecule has 0 saturated carbocycles. The third-order valence-corrected chi connectivity index (χ3v) is 4.94. The van der Waals surface area contributed by atoms with Gasteiger partial charge in [0.2, 0.25) is 0 Å². The quantitative estimate of drug-likeness (QED) is 0.248. The molecule has 31 heavy (non-hydrogen) atoms. The Morgan fingerprint density at radius 1 is 1.03 bits per heavy atom. The molecule has 7 heteroatoms. The van der Waals surface area contributed by atoms with Crippen molar-refractivity contribution in [2.24, 2.45) is 0 Å². The van der Waals surface area contributed by atoms with E-state index in [0.717, 1.165) is 53.1 Å². The molecular formula is C24H25N3O4. The summed E-state index contributed by atoms with van der Waals surface area (Å²) in [6, 6.07) is 11.6. The molecule has 4 aromatic rings. The Kier molecular flexibility index (Phi) is 6.62. The van der Waals surface area contributed by atoms with Crippen LogP contribution < -0.4 is 14.8 Å². The van der Waals surface area contributed by atoms with Crippen LogP contribution in [0.2, 0.25) is 0 Å². The van der Waals surface area contributed by atoms with Crippen LogP contribution in [0.3, 0.4) is 0 Å². The number of benzene rings is 2. The first kappa shape index (κ1) is 20.7. The number of ether oxygens (including phenoxy) is 2. The van der Waals surface area contributed by atoms with Gasteiger partial charge in [-0.25, -0.2) is 9.97 Å². The zero-order valence-electron chi connectivity index (χ0n) is 17.5. The standard InChI is InChI=1S/C24H25N3O4/c1-2-29-22-14-19-20(15-23(22)30-11-6-4-3-5-10-28)25-16-26-24(19)27-18-7-8-21-17(13-18)9-12-31-21/h7-10,12-16H,2-6,11H2,1H3,(H,25,26,27). The Hall–Kier alpha value is -3.61. The molecule has 0 aliphatic carbocycles. The van der Waals surface area contributed by atoms with Gasteiger partial charge in [-0.2, -0.15) is 0 Å². The van der Waals surface area contributed by atoms with Crippen LogP contribution in [0.25, 0.3) is 21.9 Å². The monoisotopic (exact) mass is 419 g/mol. The second kappa shape index (κ2) is 9.93. The second-order valence-corrected chi connectivity index (χ2v) is 7.13. The predicted molar refractivity (Wildman–Crippen MR) is 120 cm³/mol. The van der Waals surface area contributed by atoms with Crippen LogP contribution in [0.1, 0.15) is 32.6 Å². The molecular weight excluding hydrogens is 394 g/mol. The molecule has 0 aliphatic heterocycles.